The third-order valence-electron chi connectivity index (χ3n) is 8.40. The number of hydrogen-bond donors (Lipinski definition) is 0. The standard InChI is InChI=1S/C39H36F3NS/c1-24-31-19-20-43-34(30-21-29-9-7-8-10-32(29)33(22-30)37(2,3)4)36(31)44-35(24)28-17-15-27(16-18-28)26-13-11-25(12-14-26)23-38(5,6)39(40,41)42/h7-22H,23H2,1-6H3/i1D3. The maximum atomic E-state index is 13.4. The molecule has 0 atom stereocenters. The minimum Gasteiger partial charge on any atom is -0.255 e. The lowest BCUT2D eigenvalue weighted by molar-refractivity contribution is -0.211. The number of rotatable bonds is 5. The van der Waals surface area contributed by atoms with Gasteiger partial charge in [-0.2, -0.15) is 13.2 Å². The first-order chi connectivity index (χ1) is 21.9. The van der Waals surface area contributed by atoms with Gasteiger partial charge < -0.3 is 0 Å². The number of pyridine rings is 1. The van der Waals surface area contributed by atoms with Gasteiger partial charge in [-0.25, -0.2) is 0 Å². The summed E-state index contributed by atoms with van der Waals surface area (Å²) in [5.41, 5.74) is 4.43. The summed E-state index contributed by atoms with van der Waals surface area (Å²) in [4.78, 5) is 5.47. The predicted octanol–water partition coefficient (Wildman–Crippen LogP) is 12.2. The van der Waals surface area contributed by atoms with Gasteiger partial charge in [0.05, 0.1) is 15.8 Å². The van der Waals surface area contributed by atoms with Crippen molar-refractivity contribution in [1.29, 1.82) is 0 Å². The van der Waals surface area contributed by atoms with E-state index in [4.69, 9.17) is 9.10 Å². The number of alkyl halides is 3. The number of benzene rings is 4. The highest BCUT2D eigenvalue weighted by Crippen LogP contribution is 2.44. The van der Waals surface area contributed by atoms with Crippen molar-refractivity contribution in [2.75, 3.05) is 0 Å². The molecule has 0 fully saturated rings. The first-order valence-electron chi connectivity index (χ1n) is 16.2. The Bertz CT molecular complexity index is 2080. The van der Waals surface area contributed by atoms with Gasteiger partial charge >= 0.3 is 6.18 Å². The van der Waals surface area contributed by atoms with Crippen LogP contribution in [0.1, 0.15) is 55.4 Å². The molecule has 0 saturated heterocycles. The van der Waals surface area contributed by atoms with Gasteiger partial charge in [0.15, 0.2) is 0 Å². The molecule has 0 aliphatic heterocycles. The summed E-state index contributed by atoms with van der Waals surface area (Å²) >= 11 is 1.44. The van der Waals surface area contributed by atoms with Crippen LogP contribution in [0.5, 0.6) is 0 Å². The Hall–Kier alpha value is -3.96. The molecule has 0 spiro atoms. The molecule has 0 N–H and O–H groups in total. The minimum atomic E-state index is -4.29. The number of hydrogen-bond acceptors (Lipinski definition) is 2. The van der Waals surface area contributed by atoms with Crippen molar-refractivity contribution in [3.8, 4) is 32.8 Å². The SMILES string of the molecule is [2H]C([2H])([2H])c1c(-c2ccc(-c3ccc(CC(C)(C)C(F)(F)F)cc3)cc2)sc2c(-c3cc(C(C)(C)C)c4ccccc4c3)nccc12. The third-order valence-corrected chi connectivity index (χ3v) is 9.66. The van der Waals surface area contributed by atoms with Crippen LogP contribution in [0.4, 0.5) is 13.2 Å². The average molecular weight is 611 g/mol. The topological polar surface area (TPSA) is 12.9 Å². The van der Waals surface area contributed by atoms with E-state index >= 15 is 0 Å². The monoisotopic (exact) mass is 610 g/mol. The van der Waals surface area contributed by atoms with Crippen LogP contribution in [0.3, 0.4) is 0 Å². The number of aromatic nitrogens is 1. The lowest BCUT2D eigenvalue weighted by Crippen LogP contribution is -2.34. The molecule has 1 nitrogen and oxygen atoms in total. The molecule has 0 saturated carbocycles. The Morgan fingerprint density at radius 1 is 0.727 bits per heavy atom. The van der Waals surface area contributed by atoms with Crippen LogP contribution in [-0.4, -0.2) is 11.2 Å². The smallest absolute Gasteiger partial charge is 0.255 e. The maximum absolute atomic E-state index is 13.4. The largest absolute Gasteiger partial charge is 0.394 e. The van der Waals surface area contributed by atoms with Crippen LogP contribution in [0.15, 0.2) is 97.2 Å². The molecule has 4 aromatic carbocycles. The van der Waals surface area contributed by atoms with E-state index < -0.39 is 18.4 Å². The first kappa shape index (κ1) is 26.4. The van der Waals surface area contributed by atoms with Crippen LogP contribution < -0.4 is 0 Å². The summed E-state index contributed by atoms with van der Waals surface area (Å²) in [6.45, 7) is 6.64. The van der Waals surface area contributed by atoms with Crippen LogP contribution in [0.2, 0.25) is 0 Å². The Morgan fingerprint density at radius 2 is 1.36 bits per heavy atom. The van der Waals surface area contributed by atoms with Gasteiger partial charge in [-0.1, -0.05) is 107 Å². The van der Waals surface area contributed by atoms with E-state index in [1.165, 1.54) is 36.1 Å². The first-order valence-corrected chi connectivity index (χ1v) is 15.5. The van der Waals surface area contributed by atoms with Gasteiger partial charge in [-0.05, 0) is 86.4 Å². The van der Waals surface area contributed by atoms with E-state index in [-0.39, 0.29) is 11.8 Å². The lowest BCUT2D eigenvalue weighted by Gasteiger charge is -2.27. The zero-order valence-electron chi connectivity index (χ0n) is 28.4. The Balaban J connectivity index is 1.41. The molecule has 0 radical (unpaired) electrons. The van der Waals surface area contributed by atoms with Crippen molar-refractivity contribution < 1.29 is 17.3 Å². The van der Waals surface area contributed by atoms with Gasteiger partial charge in [-0.15, -0.1) is 11.3 Å². The van der Waals surface area contributed by atoms with Crippen molar-refractivity contribution >= 4 is 32.2 Å². The Morgan fingerprint density at radius 3 is 2.00 bits per heavy atom. The average Bonchev–Trinajstić information content (AvgIpc) is 3.41. The van der Waals surface area contributed by atoms with Gasteiger partial charge in [0.1, 0.15) is 0 Å². The summed E-state index contributed by atoms with van der Waals surface area (Å²) in [5, 5.41) is 2.96. The summed E-state index contributed by atoms with van der Waals surface area (Å²) in [7, 11) is 0. The minimum absolute atomic E-state index is 0.104. The number of aryl methyl sites for hydroxylation is 1. The zero-order chi connectivity index (χ0) is 33.9. The molecular formula is C39H36F3NS. The summed E-state index contributed by atoms with van der Waals surface area (Å²) in [6, 6.07) is 29.2. The van der Waals surface area contributed by atoms with Gasteiger partial charge in [0, 0.05) is 20.7 Å². The molecule has 0 amide bonds. The van der Waals surface area contributed by atoms with E-state index in [9.17, 15) is 13.2 Å². The van der Waals surface area contributed by atoms with Crippen LogP contribution >= 0.6 is 11.3 Å². The summed E-state index contributed by atoms with van der Waals surface area (Å²) in [5.74, 6) is 0. The molecule has 6 aromatic rings. The van der Waals surface area contributed by atoms with E-state index in [0.29, 0.717) is 21.4 Å². The van der Waals surface area contributed by atoms with Crippen LogP contribution in [0.25, 0.3) is 53.7 Å². The van der Waals surface area contributed by atoms with E-state index in [2.05, 4.69) is 45.0 Å². The second kappa shape index (κ2) is 10.9. The van der Waals surface area contributed by atoms with E-state index in [1.807, 2.05) is 48.5 Å². The molecular weight excluding hydrogens is 571 g/mol. The predicted molar refractivity (Wildman–Crippen MR) is 180 cm³/mol. The van der Waals surface area contributed by atoms with Crippen LogP contribution in [-0.2, 0) is 11.8 Å². The van der Waals surface area contributed by atoms with E-state index in [0.717, 1.165) is 38.0 Å². The van der Waals surface area contributed by atoms with Crippen molar-refractivity contribution in [2.45, 2.75) is 59.5 Å². The summed E-state index contributed by atoms with van der Waals surface area (Å²) < 4.78 is 66.5. The number of thiophene rings is 1. The number of fused-ring (bicyclic) bond motifs is 2. The molecule has 0 aliphatic carbocycles. The lowest BCUT2D eigenvalue weighted by atomic mass is 9.82. The molecule has 0 unspecified atom stereocenters. The Labute approximate surface area is 265 Å². The molecule has 0 aliphatic rings. The van der Waals surface area contributed by atoms with Gasteiger partial charge in [0.2, 0.25) is 0 Å². The highest BCUT2D eigenvalue weighted by atomic mass is 32.1. The van der Waals surface area contributed by atoms with Crippen molar-refractivity contribution in [1.82, 2.24) is 4.98 Å². The van der Waals surface area contributed by atoms with Crippen LogP contribution in [0, 0.1) is 12.3 Å². The zero-order valence-corrected chi connectivity index (χ0v) is 26.3. The second-order valence-electron chi connectivity index (χ2n) is 13.2. The fourth-order valence-electron chi connectivity index (χ4n) is 5.74. The maximum Gasteiger partial charge on any atom is 0.394 e. The Kier molecular flexibility index (Phi) is 6.54. The molecule has 44 heavy (non-hydrogen) atoms. The second-order valence-corrected chi connectivity index (χ2v) is 14.2. The molecule has 5 heteroatoms. The van der Waals surface area contributed by atoms with E-state index in [1.54, 1.807) is 24.4 Å². The third kappa shape index (κ3) is 5.54. The van der Waals surface area contributed by atoms with Crippen molar-refractivity contribution in [3.63, 3.8) is 0 Å². The van der Waals surface area contributed by atoms with Gasteiger partial charge in [-0.3, -0.25) is 4.98 Å². The molecule has 224 valence electrons. The number of halogens is 3. The number of nitrogens with zero attached hydrogens (tertiary/aromatic N) is 1. The highest BCUT2D eigenvalue weighted by molar-refractivity contribution is 7.23. The molecule has 2 heterocycles. The fourth-order valence-corrected chi connectivity index (χ4v) is 6.96. The summed E-state index contributed by atoms with van der Waals surface area (Å²) in [6.07, 6.45) is -2.70. The highest BCUT2D eigenvalue weighted by Gasteiger charge is 2.46. The quantitative estimate of drug-likeness (QED) is 0.189. The molecule has 6 rings (SSSR count). The van der Waals surface area contributed by atoms with Crippen molar-refractivity contribution in [3.05, 3.63) is 114 Å². The molecule has 0 bridgehead atoms. The van der Waals surface area contributed by atoms with Gasteiger partial charge in [0.25, 0.3) is 0 Å². The van der Waals surface area contributed by atoms with Crippen molar-refractivity contribution in [2.24, 2.45) is 5.41 Å². The fraction of sp³-hybridized carbons (Fsp3) is 0.256. The normalized spacial score (nSPS) is 14.0. The molecule has 2 aromatic heterocycles.